The molecular weight excluding hydrogens is 336 g/mol. The van der Waals surface area contributed by atoms with Gasteiger partial charge in [-0.2, -0.15) is 0 Å². The molecule has 1 aliphatic rings. The van der Waals surface area contributed by atoms with Gasteiger partial charge in [0.05, 0.1) is 6.04 Å². The molecule has 2 aromatic rings. The van der Waals surface area contributed by atoms with E-state index in [2.05, 4.69) is 33.4 Å². The molecule has 1 N–H and O–H groups in total. The van der Waals surface area contributed by atoms with Crippen LogP contribution in [-0.2, 0) is 7.05 Å². The smallest absolute Gasteiger partial charge is 0.268 e. The van der Waals surface area contributed by atoms with Crippen LogP contribution in [0.25, 0.3) is 0 Å². The number of aromatic nitrogens is 1. The highest BCUT2D eigenvalue weighted by Gasteiger charge is 2.23. The number of hydrogen-bond acceptors (Lipinski definition) is 2. The number of aryl methyl sites for hydroxylation is 1. The number of halogens is 1. The van der Waals surface area contributed by atoms with E-state index in [1.54, 1.807) is 0 Å². The Labute approximate surface area is 130 Å². The summed E-state index contributed by atoms with van der Waals surface area (Å²) in [4.78, 5) is 13.7. The molecule has 104 valence electrons. The molecule has 0 spiro atoms. The van der Waals surface area contributed by atoms with Gasteiger partial charge in [0.25, 0.3) is 5.91 Å². The lowest BCUT2D eigenvalue weighted by Crippen LogP contribution is -2.31. The predicted molar refractivity (Wildman–Crippen MR) is 85.1 cm³/mol. The Bertz CT molecular complexity index is 653. The zero-order valence-corrected chi connectivity index (χ0v) is 13.5. The van der Waals surface area contributed by atoms with Gasteiger partial charge in [-0.05, 0) is 40.0 Å². The number of thioether (sulfide) groups is 1. The van der Waals surface area contributed by atoms with Crippen LogP contribution in [0.2, 0.25) is 0 Å². The van der Waals surface area contributed by atoms with Gasteiger partial charge in [-0.3, -0.25) is 4.79 Å². The van der Waals surface area contributed by atoms with E-state index in [4.69, 9.17) is 0 Å². The summed E-state index contributed by atoms with van der Waals surface area (Å²) in [6.45, 7) is 0. The van der Waals surface area contributed by atoms with E-state index < -0.39 is 0 Å². The zero-order valence-electron chi connectivity index (χ0n) is 11.1. The molecule has 0 fully saturated rings. The van der Waals surface area contributed by atoms with Crippen molar-refractivity contribution in [3.05, 3.63) is 52.3 Å². The summed E-state index contributed by atoms with van der Waals surface area (Å²) in [6.07, 6.45) is 2.86. The Hall–Kier alpha value is -1.20. The van der Waals surface area contributed by atoms with E-state index in [1.165, 1.54) is 10.5 Å². The van der Waals surface area contributed by atoms with Gasteiger partial charge in [-0.15, -0.1) is 11.8 Å². The number of rotatable bonds is 2. The summed E-state index contributed by atoms with van der Waals surface area (Å²) in [5.74, 6) is 1.02. The number of carbonyl (C=O) groups is 1. The Kier molecular flexibility index (Phi) is 3.89. The van der Waals surface area contributed by atoms with Crippen LogP contribution in [0.3, 0.4) is 0 Å². The number of fused-ring (bicyclic) bond motifs is 1. The molecule has 1 aromatic carbocycles. The molecule has 0 radical (unpaired) electrons. The third-order valence-corrected chi connectivity index (χ3v) is 5.02. The second-order valence-electron chi connectivity index (χ2n) is 4.86. The molecular formula is C15H15BrN2OS. The number of carbonyl (C=O) groups excluding carboxylic acids is 1. The van der Waals surface area contributed by atoms with Crippen molar-refractivity contribution in [3.63, 3.8) is 0 Å². The number of nitrogens with zero attached hydrogens (tertiary/aromatic N) is 1. The van der Waals surface area contributed by atoms with Gasteiger partial charge in [0.15, 0.2) is 0 Å². The van der Waals surface area contributed by atoms with Crippen LogP contribution in [0.1, 0.15) is 28.5 Å². The average Bonchev–Trinajstić information content (AvgIpc) is 2.78. The summed E-state index contributed by atoms with van der Waals surface area (Å²) in [7, 11) is 1.88. The highest BCUT2D eigenvalue weighted by molar-refractivity contribution is 9.10. The van der Waals surface area contributed by atoms with Crippen LogP contribution in [0.15, 0.2) is 45.9 Å². The molecule has 1 unspecified atom stereocenters. The second kappa shape index (κ2) is 5.66. The molecule has 0 bridgehead atoms. The van der Waals surface area contributed by atoms with Gasteiger partial charge in [0.1, 0.15) is 5.69 Å². The lowest BCUT2D eigenvalue weighted by Gasteiger charge is -2.25. The Balaban J connectivity index is 1.82. The summed E-state index contributed by atoms with van der Waals surface area (Å²) in [5.41, 5.74) is 1.90. The summed E-state index contributed by atoms with van der Waals surface area (Å²) in [5, 5.41) is 3.15. The van der Waals surface area contributed by atoms with E-state index in [0.29, 0.717) is 5.69 Å². The maximum Gasteiger partial charge on any atom is 0.268 e. The fraction of sp³-hybridized carbons (Fsp3) is 0.267. The largest absolute Gasteiger partial charge is 0.345 e. The maximum atomic E-state index is 12.4. The molecule has 20 heavy (non-hydrogen) atoms. The topological polar surface area (TPSA) is 34.0 Å². The third kappa shape index (κ3) is 2.65. The minimum Gasteiger partial charge on any atom is -0.345 e. The minimum atomic E-state index is -0.0232. The van der Waals surface area contributed by atoms with Gasteiger partial charge in [0.2, 0.25) is 0 Å². The zero-order chi connectivity index (χ0) is 14.1. The molecule has 1 aromatic heterocycles. The molecule has 2 heterocycles. The van der Waals surface area contributed by atoms with Crippen LogP contribution in [0, 0.1) is 0 Å². The summed E-state index contributed by atoms with van der Waals surface area (Å²) >= 11 is 5.26. The van der Waals surface area contributed by atoms with E-state index in [1.807, 2.05) is 47.8 Å². The first-order chi connectivity index (χ1) is 9.65. The third-order valence-electron chi connectivity index (χ3n) is 3.47. The van der Waals surface area contributed by atoms with Crippen LogP contribution < -0.4 is 5.32 Å². The van der Waals surface area contributed by atoms with Crippen molar-refractivity contribution in [1.29, 1.82) is 0 Å². The van der Waals surface area contributed by atoms with E-state index >= 15 is 0 Å². The maximum absolute atomic E-state index is 12.4. The van der Waals surface area contributed by atoms with Gasteiger partial charge in [0, 0.05) is 28.4 Å². The van der Waals surface area contributed by atoms with Crippen molar-refractivity contribution in [2.45, 2.75) is 17.4 Å². The fourth-order valence-electron chi connectivity index (χ4n) is 2.47. The van der Waals surface area contributed by atoms with Gasteiger partial charge < -0.3 is 9.88 Å². The highest BCUT2D eigenvalue weighted by Crippen LogP contribution is 2.35. The minimum absolute atomic E-state index is 0.0232. The number of hydrogen-bond donors (Lipinski definition) is 1. The van der Waals surface area contributed by atoms with E-state index in [-0.39, 0.29) is 11.9 Å². The number of amides is 1. The van der Waals surface area contributed by atoms with Crippen LogP contribution in [0.4, 0.5) is 0 Å². The fourth-order valence-corrected chi connectivity index (χ4v) is 4.12. The first kappa shape index (κ1) is 13.8. The van der Waals surface area contributed by atoms with Gasteiger partial charge in [-0.1, -0.05) is 18.2 Å². The quantitative estimate of drug-likeness (QED) is 0.894. The summed E-state index contributed by atoms with van der Waals surface area (Å²) < 4.78 is 2.76. The first-order valence-corrected chi connectivity index (χ1v) is 8.27. The van der Waals surface area contributed by atoms with Gasteiger partial charge >= 0.3 is 0 Å². The van der Waals surface area contributed by atoms with Crippen molar-refractivity contribution in [2.24, 2.45) is 7.05 Å². The van der Waals surface area contributed by atoms with Crippen molar-refractivity contribution in [1.82, 2.24) is 9.88 Å². The average molecular weight is 351 g/mol. The lowest BCUT2D eigenvalue weighted by molar-refractivity contribution is 0.0927. The predicted octanol–water partition coefficient (Wildman–Crippen LogP) is 3.75. The molecule has 1 amide bonds. The van der Waals surface area contributed by atoms with Crippen LogP contribution >= 0.6 is 27.7 Å². The monoisotopic (exact) mass is 350 g/mol. The number of benzene rings is 1. The molecule has 0 saturated carbocycles. The molecule has 0 saturated heterocycles. The Morgan fingerprint density at radius 3 is 3.00 bits per heavy atom. The van der Waals surface area contributed by atoms with Crippen molar-refractivity contribution in [2.75, 3.05) is 5.75 Å². The SMILES string of the molecule is Cn1cc(Br)cc1C(=O)NC1CCSc2ccccc21. The lowest BCUT2D eigenvalue weighted by atomic mass is 10.0. The van der Waals surface area contributed by atoms with Gasteiger partial charge in [-0.25, -0.2) is 0 Å². The Morgan fingerprint density at radius 1 is 1.45 bits per heavy atom. The number of nitrogens with one attached hydrogen (secondary N) is 1. The van der Waals surface area contributed by atoms with E-state index in [0.717, 1.165) is 16.6 Å². The summed E-state index contributed by atoms with van der Waals surface area (Å²) in [6, 6.07) is 10.3. The Morgan fingerprint density at radius 2 is 2.25 bits per heavy atom. The van der Waals surface area contributed by atoms with Crippen molar-refractivity contribution >= 4 is 33.6 Å². The molecule has 5 heteroatoms. The molecule has 1 aliphatic heterocycles. The standard InChI is InChI=1S/C15H15BrN2OS/c1-18-9-10(16)8-13(18)15(19)17-12-6-7-20-14-5-3-2-4-11(12)14/h2-5,8-9,12H,6-7H2,1H3,(H,17,19). The van der Waals surface area contributed by atoms with E-state index in [9.17, 15) is 4.79 Å². The first-order valence-electron chi connectivity index (χ1n) is 6.49. The highest BCUT2D eigenvalue weighted by atomic mass is 79.9. The second-order valence-corrected chi connectivity index (χ2v) is 6.91. The van der Waals surface area contributed by atoms with Crippen LogP contribution in [0.5, 0.6) is 0 Å². The molecule has 3 rings (SSSR count). The van der Waals surface area contributed by atoms with Crippen molar-refractivity contribution in [3.8, 4) is 0 Å². The molecule has 0 aliphatic carbocycles. The van der Waals surface area contributed by atoms with Crippen LogP contribution in [-0.4, -0.2) is 16.2 Å². The van der Waals surface area contributed by atoms with Crippen molar-refractivity contribution < 1.29 is 4.79 Å². The molecule has 1 atom stereocenters. The molecule has 3 nitrogen and oxygen atoms in total. The normalized spacial score (nSPS) is 17.6.